The maximum absolute atomic E-state index is 15.7. The number of Topliss-reactive ketones (excluding diaryl/α,β-unsaturated/α-hetero) is 2. The minimum absolute atomic E-state index is 0.00687. The number of aromatic hydroxyl groups is 3. The molecule has 0 aromatic heterocycles. The maximum Gasteiger partial charge on any atom is 0.237 e. The van der Waals surface area contributed by atoms with Crippen molar-refractivity contribution in [3.05, 3.63) is 188 Å². The Morgan fingerprint density at radius 1 is 0.723 bits per heavy atom. The molecule has 7 aromatic carbocycles. The van der Waals surface area contributed by atoms with Crippen LogP contribution < -0.4 is 46.5 Å². The van der Waals surface area contributed by atoms with Crippen LogP contribution in [0.4, 0.5) is 0 Å². The molecule has 27 nitrogen and oxygen atoms in total. The highest BCUT2D eigenvalue weighted by Crippen LogP contribution is 2.51. The van der Waals surface area contributed by atoms with Gasteiger partial charge in [-0.1, -0.05) is 110 Å². The lowest BCUT2D eigenvalue weighted by atomic mass is 9.79. The molecule has 7 aromatic rings. The number of halogens is 3. The van der Waals surface area contributed by atoms with E-state index in [1.165, 1.54) is 79.8 Å². The third kappa shape index (κ3) is 18.0. The minimum Gasteiger partial charge on any atom is -0.508 e. The Labute approximate surface area is 659 Å². The fourth-order valence-electron chi connectivity index (χ4n) is 15.1. The number of ether oxygens (including phenoxy) is 6. The molecule has 7 aliphatic rings. The third-order valence-corrected chi connectivity index (χ3v) is 22.1. The Kier molecular flexibility index (Phi) is 25.4. The van der Waals surface area contributed by atoms with Crippen molar-refractivity contribution in [1.82, 2.24) is 26.6 Å². The zero-order valence-corrected chi connectivity index (χ0v) is 63.9. The molecule has 2 saturated heterocycles. The van der Waals surface area contributed by atoms with Gasteiger partial charge in [0, 0.05) is 72.4 Å². The number of aliphatic hydroxyl groups is 6. The van der Waals surface area contributed by atoms with Crippen LogP contribution in [0.2, 0.25) is 15.1 Å². The molecule has 14 rings (SSSR count). The van der Waals surface area contributed by atoms with E-state index in [4.69, 9.17) is 69.0 Å². The normalized spacial score (nSPS) is 27.2. The van der Waals surface area contributed by atoms with Gasteiger partial charge in [0.25, 0.3) is 0 Å². The van der Waals surface area contributed by atoms with Crippen molar-refractivity contribution < 1.29 is 103 Å². The summed E-state index contributed by atoms with van der Waals surface area (Å²) in [5.41, 5.74) is 7.40. The van der Waals surface area contributed by atoms with Crippen molar-refractivity contribution in [2.75, 3.05) is 13.7 Å². The molecule has 11 bridgehead atoms. The van der Waals surface area contributed by atoms with Crippen LogP contribution in [0.5, 0.6) is 46.0 Å². The van der Waals surface area contributed by atoms with E-state index in [0.717, 1.165) is 22.8 Å². The number of phenols is 3. The Balaban J connectivity index is 1.03. The van der Waals surface area contributed by atoms with Gasteiger partial charge in [-0.2, -0.15) is 0 Å². The number of primary amides is 1. The number of nitrogens with one attached hydrogen (secondary N) is 5. The van der Waals surface area contributed by atoms with Crippen LogP contribution in [0.25, 0.3) is 22.3 Å². The average Bonchev–Trinajstić information content (AvgIpc) is 0.757. The molecule has 17 atom stereocenters. The molecule has 7 heterocycles. The average molecular weight is 1600 g/mol. The monoisotopic (exact) mass is 1600 g/mol. The van der Waals surface area contributed by atoms with Gasteiger partial charge in [0.2, 0.25) is 35.7 Å². The van der Waals surface area contributed by atoms with Gasteiger partial charge in [-0.3, -0.25) is 28.8 Å². The van der Waals surface area contributed by atoms with E-state index in [9.17, 15) is 60.3 Å². The lowest BCUT2D eigenvalue weighted by Crippen LogP contribution is -2.65. The summed E-state index contributed by atoms with van der Waals surface area (Å²) in [4.78, 5) is 88.9. The van der Waals surface area contributed by atoms with Crippen molar-refractivity contribution in [1.29, 1.82) is 0 Å². The number of rotatable bonds is 16. The second-order valence-electron chi connectivity index (χ2n) is 29.8. The highest BCUT2D eigenvalue weighted by atomic mass is 35.5. The van der Waals surface area contributed by atoms with Crippen LogP contribution in [-0.4, -0.2) is 162 Å². The highest BCUT2D eigenvalue weighted by Gasteiger charge is 2.52. The van der Waals surface area contributed by atoms with Gasteiger partial charge >= 0.3 is 0 Å². The van der Waals surface area contributed by atoms with Gasteiger partial charge in [-0.25, -0.2) is 0 Å². The zero-order valence-electron chi connectivity index (χ0n) is 61.6. The molecular weight excluding hydrogens is 1510 g/mol. The molecule has 7 aliphatic heterocycles. The first kappa shape index (κ1) is 82.2. The van der Waals surface area contributed by atoms with E-state index in [1.54, 1.807) is 26.0 Å². The number of benzene rings is 7. The van der Waals surface area contributed by atoms with Gasteiger partial charge in [0.15, 0.2) is 29.7 Å². The Morgan fingerprint density at radius 3 is 1.97 bits per heavy atom. The zero-order chi connectivity index (χ0) is 80.5. The molecular formula is C82H89Cl3N6O21. The van der Waals surface area contributed by atoms with Crippen LogP contribution in [0.3, 0.4) is 0 Å². The molecule has 0 radical (unpaired) electrons. The van der Waals surface area contributed by atoms with E-state index in [-0.39, 0.29) is 91.4 Å². The summed E-state index contributed by atoms with van der Waals surface area (Å²) in [6, 6.07) is 27.6. The van der Waals surface area contributed by atoms with Gasteiger partial charge in [-0.05, 0) is 156 Å². The van der Waals surface area contributed by atoms with Gasteiger partial charge in [0.05, 0.1) is 58.9 Å². The van der Waals surface area contributed by atoms with Crippen LogP contribution in [0, 0.1) is 17.8 Å². The van der Waals surface area contributed by atoms with E-state index >= 15 is 14.4 Å². The fourth-order valence-corrected chi connectivity index (χ4v) is 15.7. The second kappa shape index (κ2) is 34.6. The van der Waals surface area contributed by atoms with E-state index in [0.29, 0.717) is 5.02 Å². The van der Waals surface area contributed by atoms with E-state index < -0.39 is 211 Å². The lowest BCUT2D eigenvalue weighted by Gasteiger charge is -2.48. The molecule has 594 valence electrons. The molecule has 30 heteroatoms. The Bertz CT molecular complexity index is 4730. The van der Waals surface area contributed by atoms with Crippen molar-refractivity contribution in [2.45, 2.75) is 170 Å². The number of phenolic OH excluding ortho intramolecular Hbond substituents is 3. The smallest absolute Gasteiger partial charge is 0.237 e. The van der Waals surface area contributed by atoms with Crippen molar-refractivity contribution >= 4 is 70.0 Å². The Hall–Kier alpha value is -9.27. The van der Waals surface area contributed by atoms with E-state index in [2.05, 4.69) is 33.2 Å². The molecule has 0 spiro atoms. The van der Waals surface area contributed by atoms with Crippen LogP contribution in [-0.2, 0) is 56.1 Å². The summed E-state index contributed by atoms with van der Waals surface area (Å²) in [7, 11) is 1.54. The number of likely N-dealkylation sites (N-methyl/N-ethyl adjacent to an activating group) is 1. The number of carbonyl (C=O) groups excluding carboxylic acids is 6. The summed E-state index contributed by atoms with van der Waals surface area (Å²) in [5.74, 6) is -13.3. The summed E-state index contributed by atoms with van der Waals surface area (Å²) in [5, 5.41) is 121. The quantitative estimate of drug-likeness (QED) is 0.0402. The Morgan fingerprint density at radius 2 is 1.36 bits per heavy atom. The molecule has 2 fully saturated rings. The number of nitrogens with two attached hydrogens (primary N) is 1. The molecule has 16 N–H and O–H groups in total. The number of ketones is 2. The van der Waals surface area contributed by atoms with Gasteiger partial charge in [0.1, 0.15) is 65.0 Å². The number of carbonyl (C=O) groups is 6. The number of hydrogen-bond acceptors (Lipinski definition) is 23. The van der Waals surface area contributed by atoms with Crippen LogP contribution in [0.15, 0.2) is 140 Å². The van der Waals surface area contributed by atoms with Crippen molar-refractivity contribution in [3.63, 3.8) is 0 Å². The molecule has 112 heavy (non-hydrogen) atoms. The molecule has 0 saturated carbocycles. The third-order valence-electron chi connectivity index (χ3n) is 21.3. The van der Waals surface area contributed by atoms with Gasteiger partial charge in [-0.15, -0.1) is 0 Å². The fraction of sp³-hybridized carbons (Fsp3) is 0.390. The summed E-state index contributed by atoms with van der Waals surface area (Å²) < 4.78 is 40.0. The first-order valence-corrected chi connectivity index (χ1v) is 37.7. The topological polar surface area (TPSA) is 426 Å². The molecule has 4 amide bonds. The van der Waals surface area contributed by atoms with Crippen molar-refractivity contribution in [2.24, 2.45) is 23.5 Å². The summed E-state index contributed by atoms with van der Waals surface area (Å²) >= 11 is 20.6. The number of fused-ring (bicyclic) bond motifs is 15. The second-order valence-corrected chi connectivity index (χ2v) is 31.0. The van der Waals surface area contributed by atoms with Crippen LogP contribution in [0.1, 0.15) is 124 Å². The van der Waals surface area contributed by atoms with Gasteiger partial charge < -0.3 is 107 Å². The van der Waals surface area contributed by atoms with E-state index in [1.807, 2.05) is 50.2 Å². The summed E-state index contributed by atoms with van der Waals surface area (Å²) in [6.45, 7) is 10.5. The summed E-state index contributed by atoms with van der Waals surface area (Å²) in [6.07, 6.45) is -19.1. The molecule has 0 aliphatic carbocycles. The highest BCUT2D eigenvalue weighted by molar-refractivity contribution is 6.32. The number of hydrogen-bond donors (Lipinski definition) is 15. The predicted molar refractivity (Wildman–Crippen MR) is 410 cm³/mol. The lowest BCUT2D eigenvalue weighted by molar-refractivity contribution is -0.334. The minimum atomic E-state index is -1.97. The first-order valence-electron chi connectivity index (χ1n) is 36.6. The first-order chi connectivity index (χ1) is 53.3. The maximum atomic E-state index is 15.7. The number of amides is 4. The number of aliphatic hydroxyl groups excluding tert-OH is 6. The molecule has 16 unspecified atom stereocenters. The largest absolute Gasteiger partial charge is 0.508 e. The van der Waals surface area contributed by atoms with Crippen molar-refractivity contribution in [3.8, 4) is 68.2 Å². The SMILES string of the molecule is C=C1CC2C(=O)C[C@H](C(=O)NCc3cc(O)cc(O)c3-c3cc2ccc3O)C(O)c2ccc(c(Cl)c2)Oc2cc3cc(c2OC2OC(CO)C(O)C(O)C2OC2CC(C)(NCc4ccc(-c5ccc(Cl)cc5)cc4)C(O)C(C)O2)Oc2ccc(cc2Cl)C(O)C(NC(=O)C(CC(C)C)NC)C(=O)CC(CC(N)=O)C(=O)NC13. The predicted octanol–water partition coefficient (Wildman–Crippen LogP) is 8.69. The standard InChI is InChI=1S/C82H89Cl3N6O21/c1-37(2)21-56(87-6)80(106)91-70-60(97)27-47(30-66(86)98)78(104)90-69-38(3)22-51-43-13-18-57(94)52(24-43)68-48(23-50(93)31-59(68)96)35-88-79(105)53(32-58(51)95)71(99)44-14-19-61(54(84)25-44)108-63-28-46(69)29-64(109-62-20-15-45(72(70)100)26-55(62)85)75(63)112-81-76(74(102)73(101)65(36-92)110-81)111-67-33-82(5,77(103)39(4)107-67)89-34-40-7-9-41(10-8-40)42-11-16-49(83)17-12-42/h7-20,23-26,28-29,31,37,39,47,51,53,56,65,67,69-74,76-77,81,87,89,92-94,96,99-103H,3,21-22,27,30,32-36H2,1-2,4-6H3,(H2,86,98)(H,88,105)(H,90,104)(H,91,106)/t39?,47?,51?,53-,56?,65?,67?,69?,70?,71?,72?,73?,74?,76?,77?,81?,82?/m0/s1. The van der Waals surface area contributed by atoms with Crippen LogP contribution >= 0.6 is 34.8 Å².